The van der Waals surface area contributed by atoms with Crippen LogP contribution in [-0.2, 0) is 10.4 Å². The third-order valence-corrected chi connectivity index (χ3v) is 3.82. The van der Waals surface area contributed by atoms with Crippen LogP contribution >= 0.6 is 0 Å². The van der Waals surface area contributed by atoms with Gasteiger partial charge in [-0.2, -0.15) is 0 Å². The lowest BCUT2D eigenvalue weighted by Crippen LogP contribution is -2.58. The second-order valence-electron chi connectivity index (χ2n) is 6.44. The summed E-state index contributed by atoms with van der Waals surface area (Å²) in [5, 5.41) is 13.9. The van der Waals surface area contributed by atoms with Crippen molar-refractivity contribution in [1.82, 2.24) is 10.2 Å². The van der Waals surface area contributed by atoms with Gasteiger partial charge in [-0.15, -0.1) is 0 Å². The molecular weight excluding hydrogens is 252 g/mol. The zero-order chi connectivity index (χ0) is 14.8. The molecule has 1 aliphatic heterocycles. The van der Waals surface area contributed by atoms with Crippen LogP contribution in [0.4, 0.5) is 0 Å². The normalized spacial score (nSPS) is 21.3. The molecule has 1 atom stereocenters. The molecule has 1 aliphatic rings. The molecule has 1 aromatic carbocycles. The van der Waals surface area contributed by atoms with Crippen LogP contribution < -0.4 is 5.32 Å². The molecule has 0 saturated carbocycles. The molecule has 0 spiro atoms. The van der Waals surface area contributed by atoms with E-state index >= 15 is 0 Å². The number of carbonyl (C=O) groups excluding carboxylic acids is 1. The molecular formula is C16H24N2O2. The highest BCUT2D eigenvalue weighted by molar-refractivity contribution is 5.77. The lowest BCUT2D eigenvalue weighted by atomic mass is 9.91. The van der Waals surface area contributed by atoms with Crippen molar-refractivity contribution in [1.29, 1.82) is 0 Å². The van der Waals surface area contributed by atoms with Gasteiger partial charge >= 0.3 is 0 Å². The number of aliphatic hydroxyl groups is 1. The van der Waals surface area contributed by atoms with Crippen molar-refractivity contribution >= 4 is 5.91 Å². The fourth-order valence-electron chi connectivity index (χ4n) is 2.66. The summed E-state index contributed by atoms with van der Waals surface area (Å²) in [5.74, 6) is 0.00780. The van der Waals surface area contributed by atoms with Crippen molar-refractivity contribution in [2.75, 3.05) is 19.6 Å². The van der Waals surface area contributed by atoms with Crippen LogP contribution in [0.2, 0.25) is 0 Å². The Morgan fingerprint density at radius 2 is 2.05 bits per heavy atom. The largest absolute Gasteiger partial charge is 0.385 e. The average molecular weight is 276 g/mol. The smallest absolute Gasteiger partial charge is 0.225 e. The van der Waals surface area contributed by atoms with E-state index in [0.29, 0.717) is 13.1 Å². The van der Waals surface area contributed by atoms with Gasteiger partial charge in [0, 0.05) is 25.2 Å². The third-order valence-electron chi connectivity index (χ3n) is 3.82. The van der Waals surface area contributed by atoms with E-state index in [2.05, 4.69) is 19.2 Å². The van der Waals surface area contributed by atoms with Gasteiger partial charge in [-0.05, 0) is 26.3 Å². The molecule has 1 fully saturated rings. The maximum atomic E-state index is 12.4. The number of rotatable bonds is 3. The fraction of sp³-hybridized carbons (Fsp3) is 0.562. The predicted octanol–water partition coefficient (Wildman–Crippen LogP) is 1.49. The van der Waals surface area contributed by atoms with E-state index in [1.165, 1.54) is 0 Å². The highest BCUT2D eigenvalue weighted by atomic mass is 16.3. The van der Waals surface area contributed by atoms with Crippen LogP contribution in [0.15, 0.2) is 30.3 Å². The third kappa shape index (κ3) is 3.58. The van der Waals surface area contributed by atoms with Crippen molar-refractivity contribution in [2.24, 2.45) is 0 Å². The first-order valence-electron chi connectivity index (χ1n) is 7.11. The molecule has 4 heteroatoms. The molecule has 110 valence electrons. The van der Waals surface area contributed by atoms with E-state index in [1.54, 1.807) is 6.92 Å². The summed E-state index contributed by atoms with van der Waals surface area (Å²) >= 11 is 0. The molecule has 1 unspecified atom stereocenters. The molecule has 0 aliphatic carbocycles. The first-order valence-corrected chi connectivity index (χ1v) is 7.11. The number of piperazine rings is 1. The van der Waals surface area contributed by atoms with Crippen LogP contribution in [0.3, 0.4) is 0 Å². The molecule has 1 amide bonds. The Kier molecular flexibility index (Phi) is 4.16. The van der Waals surface area contributed by atoms with Crippen molar-refractivity contribution in [3.63, 3.8) is 0 Å². The highest BCUT2D eigenvalue weighted by Crippen LogP contribution is 2.25. The van der Waals surface area contributed by atoms with Gasteiger partial charge in [0.05, 0.1) is 12.0 Å². The minimum atomic E-state index is -1.12. The highest BCUT2D eigenvalue weighted by Gasteiger charge is 2.33. The molecule has 20 heavy (non-hydrogen) atoms. The van der Waals surface area contributed by atoms with Crippen molar-refractivity contribution in [3.05, 3.63) is 35.9 Å². The van der Waals surface area contributed by atoms with E-state index < -0.39 is 5.60 Å². The number of nitrogens with zero attached hydrogens (tertiary/aromatic N) is 1. The second kappa shape index (κ2) is 5.54. The Hall–Kier alpha value is -1.39. The van der Waals surface area contributed by atoms with Gasteiger partial charge in [0.2, 0.25) is 5.91 Å². The van der Waals surface area contributed by atoms with Gasteiger partial charge in [-0.3, -0.25) is 4.79 Å². The van der Waals surface area contributed by atoms with E-state index in [9.17, 15) is 9.90 Å². The SMILES string of the molecule is CC1(C)CN(C(=O)CC(C)(O)c2ccccc2)CCN1. The summed E-state index contributed by atoms with van der Waals surface area (Å²) in [7, 11) is 0. The molecule has 0 aromatic heterocycles. The number of hydrogen-bond donors (Lipinski definition) is 2. The van der Waals surface area contributed by atoms with Gasteiger partial charge < -0.3 is 15.3 Å². The maximum absolute atomic E-state index is 12.4. The average Bonchev–Trinajstić information content (AvgIpc) is 2.38. The summed E-state index contributed by atoms with van der Waals surface area (Å²) in [6.07, 6.45) is 0.118. The Bertz CT molecular complexity index is 469. The molecule has 4 nitrogen and oxygen atoms in total. The van der Waals surface area contributed by atoms with E-state index in [0.717, 1.165) is 12.1 Å². The minimum Gasteiger partial charge on any atom is -0.385 e. The number of hydrogen-bond acceptors (Lipinski definition) is 3. The zero-order valence-corrected chi connectivity index (χ0v) is 12.5. The van der Waals surface area contributed by atoms with E-state index in [-0.39, 0.29) is 17.9 Å². The monoisotopic (exact) mass is 276 g/mol. The van der Waals surface area contributed by atoms with Crippen LogP contribution in [-0.4, -0.2) is 41.1 Å². The standard InChI is InChI=1S/C16H24N2O2/c1-15(2)12-18(10-9-17-15)14(19)11-16(3,20)13-7-5-4-6-8-13/h4-8,17,20H,9-12H2,1-3H3. The molecule has 1 aromatic rings. The first-order chi connectivity index (χ1) is 9.30. The lowest BCUT2D eigenvalue weighted by Gasteiger charge is -2.40. The van der Waals surface area contributed by atoms with Gasteiger partial charge in [0.15, 0.2) is 0 Å². The molecule has 2 N–H and O–H groups in total. The van der Waals surface area contributed by atoms with Crippen LogP contribution in [0.1, 0.15) is 32.8 Å². The zero-order valence-electron chi connectivity index (χ0n) is 12.5. The van der Waals surface area contributed by atoms with Gasteiger partial charge in [0.1, 0.15) is 0 Å². The predicted molar refractivity (Wildman–Crippen MR) is 79.3 cm³/mol. The Morgan fingerprint density at radius 1 is 1.40 bits per heavy atom. The topological polar surface area (TPSA) is 52.6 Å². The second-order valence-corrected chi connectivity index (χ2v) is 6.44. The van der Waals surface area contributed by atoms with Crippen molar-refractivity contribution < 1.29 is 9.90 Å². The Morgan fingerprint density at radius 3 is 2.65 bits per heavy atom. The number of carbonyl (C=O) groups is 1. The summed E-state index contributed by atoms with van der Waals surface area (Å²) < 4.78 is 0. The number of benzene rings is 1. The van der Waals surface area contributed by atoms with Gasteiger partial charge in [-0.25, -0.2) is 0 Å². The maximum Gasteiger partial charge on any atom is 0.225 e. The molecule has 2 rings (SSSR count). The number of nitrogens with one attached hydrogen (secondary N) is 1. The quantitative estimate of drug-likeness (QED) is 0.879. The Balaban J connectivity index is 2.04. The molecule has 1 saturated heterocycles. The van der Waals surface area contributed by atoms with E-state index in [1.807, 2.05) is 35.2 Å². The van der Waals surface area contributed by atoms with Crippen LogP contribution in [0.5, 0.6) is 0 Å². The minimum absolute atomic E-state index is 0.00780. The van der Waals surface area contributed by atoms with Crippen molar-refractivity contribution in [2.45, 2.75) is 38.3 Å². The van der Waals surface area contributed by atoms with Crippen molar-refractivity contribution in [3.8, 4) is 0 Å². The summed E-state index contributed by atoms with van der Waals surface area (Å²) in [5.41, 5.74) is -0.400. The van der Waals surface area contributed by atoms with Gasteiger partial charge in [-0.1, -0.05) is 30.3 Å². The van der Waals surface area contributed by atoms with Gasteiger partial charge in [0.25, 0.3) is 0 Å². The number of amides is 1. The first kappa shape index (κ1) is 15.0. The summed E-state index contributed by atoms with van der Waals surface area (Å²) in [6, 6.07) is 9.37. The fourth-order valence-corrected chi connectivity index (χ4v) is 2.66. The lowest BCUT2D eigenvalue weighted by molar-refractivity contribution is -0.138. The van der Waals surface area contributed by atoms with Crippen LogP contribution in [0.25, 0.3) is 0 Å². The van der Waals surface area contributed by atoms with E-state index in [4.69, 9.17) is 0 Å². The summed E-state index contributed by atoms with van der Waals surface area (Å²) in [6.45, 7) is 8.05. The molecule has 1 heterocycles. The molecule has 0 bridgehead atoms. The summed E-state index contributed by atoms with van der Waals surface area (Å²) in [4.78, 5) is 14.3. The van der Waals surface area contributed by atoms with Crippen LogP contribution in [0, 0.1) is 0 Å². The molecule has 0 radical (unpaired) electrons. The Labute approximate surface area is 120 Å².